The van der Waals surface area contributed by atoms with Crippen molar-refractivity contribution in [1.29, 1.82) is 0 Å². The van der Waals surface area contributed by atoms with Gasteiger partial charge < -0.3 is 29.4 Å². The van der Waals surface area contributed by atoms with E-state index in [1.165, 1.54) is 6.08 Å². The Bertz CT molecular complexity index is 1080. The summed E-state index contributed by atoms with van der Waals surface area (Å²) in [4.78, 5) is 61.1. The maximum absolute atomic E-state index is 12.1. The van der Waals surface area contributed by atoms with Crippen molar-refractivity contribution in [2.24, 2.45) is 0 Å². The maximum atomic E-state index is 12.1. The van der Waals surface area contributed by atoms with Crippen molar-refractivity contribution >= 4 is 23.5 Å². The zero-order valence-electron chi connectivity index (χ0n) is 15.4. The van der Waals surface area contributed by atoms with Gasteiger partial charge in [0.1, 0.15) is 6.10 Å². The summed E-state index contributed by atoms with van der Waals surface area (Å²) in [5, 5.41) is 10.3. The van der Waals surface area contributed by atoms with Gasteiger partial charge >= 0.3 is 29.2 Å². The summed E-state index contributed by atoms with van der Waals surface area (Å²) in [5.41, 5.74) is -3.10. The molecule has 1 fully saturated rings. The number of nitrogens with one attached hydrogen (secondary N) is 1. The lowest BCUT2D eigenvalue weighted by Gasteiger charge is -2.30. The number of aliphatic hydroxyl groups is 1. The Morgan fingerprint density at radius 1 is 1.23 bits per heavy atom. The van der Waals surface area contributed by atoms with Gasteiger partial charge in [-0.25, -0.2) is 18.5 Å². The Kier molecular flexibility index (Phi) is 7.81. The van der Waals surface area contributed by atoms with E-state index >= 15 is 0 Å². The van der Waals surface area contributed by atoms with Crippen molar-refractivity contribution in [3.8, 4) is 0 Å². The molecule has 0 aliphatic carbocycles. The van der Waals surface area contributed by atoms with Crippen LogP contribution in [0, 0.1) is 0 Å². The molecule has 1 aliphatic rings. The molecule has 6 N–H and O–H groups in total. The van der Waals surface area contributed by atoms with Crippen LogP contribution in [-0.4, -0.2) is 53.0 Å². The first kappa shape index (κ1) is 26.0. The SMILES string of the molecule is C=CC[C@]1(n2ccc(=O)[nH]c2=O)C[C@H](O)[C@@H](COP(=O)(O)OP(=O)(O)OP(=O)(O)O)O1. The summed E-state index contributed by atoms with van der Waals surface area (Å²) in [6.07, 6.45) is -0.566. The number of ether oxygens (including phenoxy) is 1. The van der Waals surface area contributed by atoms with Crippen LogP contribution < -0.4 is 11.2 Å². The number of aromatic amines is 1. The highest BCUT2D eigenvalue weighted by molar-refractivity contribution is 7.66. The molecule has 2 unspecified atom stereocenters. The third-order valence-electron chi connectivity index (χ3n) is 3.87. The number of rotatable bonds is 10. The van der Waals surface area contributed by atoms with Crippen LogP contribution in [0.3, 0.4) is 0 Å². The van der Waals surface area contributed by atoms with Crippen molar-refractivity contribution in [1.82, 2.24) is 9.55 Å². The monoisotopic (exact) mass is 508 g/mol. The number of aliphatic hydroxyl groups excluding tert-OH is 1. The van der Waals surface area contributed by atoms with E-state index in [9.17, 15) is 33.3 Å². The van der Waals surface area contributed by atoms with Gasteiger partial charge in [0.15, 0.2) is 5.72 Å². The van der Waals surface area contributed by atoms with Gasteiger partial charge in [-0.1, -0.05) is 6.08 Å². The first-order chi connectivity index (χ1) is 14.1. The highest BCUT2D eigenvalue weighted by Gasteiger charge is 2.48. The van der Waals surface area contributed by atoms with Crippen LogP contribution in [0.1, 0.15) is 12.8 Å². The van der Waals surface area contributed by atoms with Gasteiger partial charge in [-0.3, -0.25) is 18.9 Å². The van der Waals surface area contributed by atoms with E-state index < -0.39 is 59.3 Å². The number of phosphoric ester groups is 1. The fourth-order valence-electron chi connectivity index (χ4n) is 2.83. The van der Waals surface area contributed by atoms with Crippen molar-refractivity contribution < 1.29 is 56.3 Å². The zero-order chi connectivity index (χ0) is 23.7. The van der Waals surface area contributed by atoms with Crippen LogP contribution in [0.15, 0.2) is 34.5 Å². The topological polar surface area (TPSA) is 244 Å². The van der Waals surface area contributed by atoms with Gasteiger partial charge in [-0.2, -0.15) is 8.62 Å². The molecule has 1 saturated heterocycles. The van der Waals surface area contributed by atoms with Crippen LogP contribution in [0.25, 0.3) is 0 Å². The lowest BCUT2D eigenvalue weighted by molar-refractivity contribution is -0.116. The molecule has 1 aromatic heterocycles. The quantitative estimate of drug-likeness (QED) is 0.168. The van der Waals surface area contributed by atoms with Crippen molar-refractivity contribution in [2.45, 2.75) is 30.8 Å². The second-order valence-electron chi connectivity index (χ2n) is 6.23. The number of aromatic nitrogens is 2. The van der Waals surface area contributed by atoms with E-state index in [4.69, 9.17) is 19.4 Å². The standard InChI is InChI=1S/C12H19N2O14P3/c1-2-4-12(14-5-3-10(16)13-11(14)17)6-8(15)9(26-12)7-25-30(21,22)28-31(23,24)27-29(18,19)20/h2-3,5,8-9,15H,1,4,6-7H2,(H,21,22)(H,23,24)(H,13,16,17)(H2,18,19,20)/t8-,9+,12+/m0/s1. The van der Waals surface area contributed by atoms with Crippen LogP contribution in [-0.2, 0) is 37.3 Å². The summed E-state index contributed by atoms with van der Waals surface area (Å²) >= 11 is 0. The minimum absolute atomic E-state index is 0.0399. The first-order valence-corrected chi connectivity index (χ1v) is 12.7. The predicted octanol–water partition coefficient (Wildman–Crippen LogP) is -0.741. The van der Waals surface area contributed by atoms with E-state index in [1.807, 2.05) is 4.98 Å². The fourth-order valence-corrected chi connectivity index (χ4v) is 5.86. The van der Waals surface area contributed by atoms with Crippen molar-refractivity contribution in [3.05, 3.63) is 45.8 Å². The summed E-state index contributed by atoms with van der Waals surface area (Å²) in [7, 11) is -16.7. The first-order valence-electron chi connectivity index (χ1n) is 8.16. The van der Waals surface area contributed by atoms with Crippen molar-refractivity contribution in [2.75, 3.05) is 6.61 Å². The van der Waals surface area contributed by atoms with Crippen LogP contribution in [0.2, 0.25) is 0 Å². The van der Waals surface area contributed by atoms with Gasteiger partial charge in [0, 0.05) is 25.1 Å². The average Bonchev–Trinajstić information content (AvgIpc) is 2.86. The van der Waals surface area contributed by atoms with E-state index in [0.29, 0.717) is 0 Å². The third kappa shape index (κ3) is 7.12. The smallest absolute Gasteiger partial charge is 0.390 e. The van der Waals surface area contributed by atoms with Gasteiger partial charge in [0.2, 0.25) is 0 Å². The molecule has 2 rings (SSSR count). The molecule has 0 bridgehead atoms. The Balaban J connectivity index is 2.16. The molecular formula is C12H19N2O14P3. The molecule has 0 aromatic carbocycles. The molecule has 31 heavy (non-hydrogen) atoms. The van der Waals surface area contributed by atoms with Gasteiger partial charge in [0.25, 0.3) is 5.56 Å². The third-order valence-corrected chi connectivity index (χ3v) is 7.67. The number of nitrogens with zero attached hydrogens (tertiary/aromatic N) is 1. The molecule has 2 heterocycles. The van der Waals surface area contributed by atoms with Crippen LogP contribution in [0.5, 0.6) is 0 Å². The highest BCUT2D eigenvalue weighted by Crippen LogP contribution is 2.66. The van der Waals surface area contributed by atoms with Gasteiger partial charge in [0.05, 0.1) is 12.7 Å². The molecule has 16 nitrogen and oxygen atoms in total. The normalized spacial score (nSPS) is 28.0. The lowest BCUT2D eigenvalue weighted by Crippen LogP contribution is -2.44. The summed E-state index contributed by atoms with van der Waals surface area (Å²) in [6, 6.07) is 1.03. The zero-order valence-corrected chi connectivity index (χ0v) is 18.1. The second kappa shape index (κ2) is 9.32. The van der Waals surface area contributed by atoms with E-state index in [0.717, 1.165) is 16.8 Å². The Hall–Kier alpha value is -1.25. The second-order valence-corrected chi connectivity index (χ2v) is 10.7. The summed E-state index contributed by atoms with van der Waals surface area (Å²) < 4.78 is 52.0. The largest absolute Gasteiger partial charge is 0.490 e. The Morgan fingerprint density at radius 2 is 1.87 bits per heavy atom. The van der Waals surface area contributed by atoms with E-state index in [-0.39, 0.29) is 12.8 Å². The highest BCUT2D eigenvalue weighted by atomic mass is 31.3. The predicted molar refractivity (Wildman–Crippen MR) is 99.4 cm³/mol. The molecule has 0 amide bonds. The molecule has 19 heteroatoms. The lowest BCUT2D eigenvalue weighted by atomic mass is 10.0. The Morgan fingerprint density at radius 3 is 2.42 bits per heavy atom. The van der Waals surface area contributed by atoms with E-state index in [2.05, 4.69) is 19.7 Å². The molecule has 0 radical (unpaired) electrons. The molecule has 0 saturated carbocycles. The number of hydrogen-bond donors (Lipinski definition) is 6. The number of phosphoric acid groups is 3. The van der Waals surface area contributed by atoms with Gasteiger partial charge in [-0.05, 0) is 0 Å². The van der Waals surface area contributed by atoms with Crippen LogP contribution >= 0.6 is 23.5 Å². The summed E-state index contributed by atoms with van der Waals surface area (Å²) in [5.74, 6) is 0. The van der Waals surface area contributed by atoms with Crippen molar-refractivity contribution in [3.63, 3.8) is 0 Å². The Labute approximate surface area is 173 Å². The molecule has 0 spiro atoms. The summed E-state index contributed by atoms with van der Waals surface area (Å²) in [6.45, 7) is 2.61. The molecule has 1 aliphatic heterocycles. The van der Waals surface area contributed by atoms with Gasteiger partial charge in [-0.15, -0.1) is 6.58 Å². The number of hydrogen-bond acceptors (Lipinski definition) is 10. The number of H-pyrrole nitrogens is 1. The molecular weight excluding hydrogens is 489 g/mol. The molecule has 5 atom stereocenters. The van der Waals surface area contributed by atoms with Crippen LogP contribution in [0.4, 0.5) is 0 Å². The molecule has 1 aromatic rings. The minimum Gasteiger partial charge on any atom is -0.390 e. The molecule has 176 valence electrons. The maximum Gasteiger partial charge on any atom is 0.490 e. The average molecular weight is 508 g/mol. The minimum atomic E-state index is -5.70. The van der Waals surface area contributed by atoms with E-state index in [1.54, 1.807) is 0 Å². The fraction of sp³-hybridized carbons (Fsp3) is 0.500.